The number of pyridine rings is 1. The molecule has 2 aliphatic rings. The zero-order chi connectivity index (χ0) is 31.6. The van der Waals surface area contributed by atoms with Gasteiger partial charge in [0.15, 0.2) is 0 Å². The fraction of sp³-hybridized carbons (Fsp3) is 0.343. The largest absolute Gasteiger partial charge is 0.369 e. The zero-order valence-corrected chi connectivity index (χ0v) is 26.6. The van der Waals surface area contributed by atoms with Crippen molar-refractivity contribution in [1.29, 1.82) is 0 Å². The SMILES string of the molecule is Cc1cccc(Cn2nc(C)c3c(NC(=O)N(C)c4cc(Nc5ccc(N6CCN(CC7CC7)CC6)cc5)ncn4)cccc32)n1. The summed E-state index contributed by atoms with van der Waals surface area (Å²) in [5.74, 6) is 2.02. The summed E-state index contributed by atoms with van der Waals surface area (Å²) in [6, 6.07) is 21.7. The van der Waals surface area contributed by atoms with Crippen LogP contribution in [0.1, 0.15) is 29.9 Å². The van der Waals surface area contributed by atoms with Crippen LogP contribution in [0.15, 0.2) is 73.1 Å². The first kappa shape index (κ1) is 29.7. The smallest absolute Gasteiger partial charge is 0.327 e. The van der Waals surface area contributed by atoms with Gasteiger partial charge in [-0.05, 0) is 81.1 Å². The third-order valence-corrected chi connectivity index (χ3v) is 8.84. The Balaban J connectivity index is 0.995. The second-order valence-corrected chi connectivity index (χ2v) is 12.4. The van der Waals surface area contributed by atoms with Crippen molar-refractivity contribution in [1.82, 2.24) is 29.6 Å². The van der Waals surface area contributed by atoms with E-state index in [1.54, 1.807) is 13.1 Å². The molecule has 1 aliphatic heterocycles. The highest BCUT2D eigenvalue weighted by Crippen LogP contribution is 2.31. The Bertz CT molecular complexity index is 1840. The number of benzene rings is 2. The number of fused-ring (bicyclic) bond motifs is 1. The minimum Gasteiger partial charge on any atom is -0.369 e. The molecule has 11 heteroatoms. The number of rotatable bonds is 9. The van der Waals surface area contributed by atoms with Gasteiger partial charge in [0, 0.05) is 68.3 Å². The van der Waals surface area contributed by atoms with Crippen LogP contribution in [-0.4, -0.2) is 75.4 Å². The maximum absolute atomic E-state index is 13.4. The minimum absolute atomic E-state index is 0.314. The van der Waals surface area contributed by atoms with E-state index < -0.39 is 0 Å². The van der Waals surface area contributed by atoms with Crippen LogP contribution in [0.25, 0.3) is 10.9 Å². The lowest BCUT2D eigenvalue weighted by Crippen LogP contribution is -2.47. The van der Waals surface area contributed by atoms with Gasteiger partial charge in [-0.1, -0.05) is 12.1 Å². The number of aromatic nitrogens is 5. The summed E-state index contributed by atoms with van der Waals surface area (Å²) in [5.41, 5.74) is 6.50. The standard InChI is InChI=1S/C35H40N10O/c1-24-6-4-7-28(38-24)22-45-31-9-5-8-30(34(31)25(2)41-45)40-35(46)42(3)33-20-32(36-23-37-33)39-27-12-14-29(15-13-27)44-18-16-43(17-19-44)21-26-10-11-26/h4-9,12-15,20,23,26H,10-11,16-19,21-22H2,1-3H3,(H,40,46)(H,36,37,39). The normalized spacial score (nSPS) is 15.2. The van der Waals surface area contributed by atoms with Crippen molar-refractivity contribution in [3.63, 3.8) is 0 Å². The highest BCUT2D eigenvalue weighted by Gasteiger charge is 2.26. The number of nitrogens with zero attached hydrogens (tertiary/aromatic N) is 8. The first-order chi connectivity index (χ1) is 22.4. The van der Waals surface area contributed by atoms with Gasteiger partial charge in [0.2, 0.25) is 0 Å². The van der Waals surface area contributed by atoms with Gasteiger partial charge in [0.05, 0.1) is 29.1 Å². The quantitative estimate of drug-likeness (QED) is 0.213. The number of carbonyl (C=O) groups is 1. The zero-order valence-electron chi connectivity index (χ0n) is 26.6. The molecule has 4 heterocycles. The number of anilines is 5. The van der Waals surface area contributed by atoms with Gasteiger partial charge >= 0.3 is 6.03 Å². The van der Waals surface area contributed by atoms with E-state index in [1.165, 1.54) is 36.3 Å². The molecule has 46 heavy (non-hydrogen) atoms. The molecule has 0 radical (unpaired) electrons. The van der Waals surface area contributed by atoms with Crippen LogP contribution < -0.4 is 20.4 Å². The molecule has 0 bridgehead atoms. The fourth-order valence-electron chi connectivity index (χ4n) is 6.15. The summed E-state index contributed by atoms with van der Waals surface area (Å²) in [6.45, 7) is 10.1. The maximum Gasteiger partial charge on any atom is 0.327 e. The molecule has 5 aromatic rings. The topological polar surface area (TPSA) is 107 Å². The number of carbonyl (C=O) groups excluding carboxylic acids is 1. The van der Waals surface area contributed by atoms with E-state index in [1.807, 2.05) is 54.9 Å². The van der Waals surface area contributed by atoms with Crippen molar-refractivity contribution >= 4 is 45.6 Å². The van der Waals surface area contributed by atoms with E-state index >= 15 is 0 Å². The van der Waals surface area contributed by atoms with Gasteiger partial charge < -0.3 is 15.5 Å². The van der Waals surface area contributed by atoms with E-state index in [9.17, 15) is 4.79 Å². The lowest BCUT2D eigenvalue weighted by molar-refractivity contribution is 0.248. The minimum atomic E-state index is -0.314. The van der Waals surface area contributed by atoms with Crippen molar-refractivity contribution in [3.05, 3.63) is 90.1 Å². The van der Waals surface area contributed by atoms with Crippen molar-refractivity contribution in [2.75, 3.05) is 60.2 Å². The molecule has 2 N–H and O–H groups in total. The van der Waals surface area contributed by atoms with Crippen LogP contribution in [0.5, 0.6) is 0 Å². The number of piperazine rings is 1. The molecule has 3 aromatic heterocycles. The molecule has 236 valence electrons. The number of nitrogens with one attached hydrogen (secondary N) is 2. The van der Waals surface area contributed by atoms with Gasteiger partial charge in [0.1, 0.15) is 18.0 Å². The Hall–Kier alpha value is -5.03. The fourth-order valence-corrected chi connectivity index (χ4v) is 6.15. The number of amides is 2. The molecule has 7 rings (SSSR count). The maximum atomic E-state index is 13.4. The van der Waals surface area contributed by atoms with E-state index in [4.69, 9.17) is 5.10 Å². The van der Waals surface area contributed by atoms with Gasteiger partial charge in [-0.2, -0.15) is 5.10 Å². The molecule has 11 nitrogen and oxygen atoms in total. The molecular weight excluding hydrogens is 576 g/mol. The van der Waals surface area contributed by atoms with Crippen molar-refractivity contribution < 1.29 is 4.79 Å². The molecule has 1 aliphatic carbocycles. The van der Waals surface area contributed by atoms with Crippen molar-refractivity contribution in [2.24, 2.45) is 5.92 Å². The third-order valence-electron chi connectivity index (χ3n) is 8.84. The average molecular weight is 617 g/mol. The summed E-state index contributed by atoms with van der Waals surface area (Å²) < 4.78 is 1.93. The number of hydrogen-bond donors (Lipinski definition) is 2. The molecule has 2 fully saturated rings. The van der Waals surface area contributed by atoms with Gasteiger partial charge in [-0.3, -0.25) is 19.5 Å². The second kappa shape index (κ2) is 12.8. The highest BCUT2D eigenvalue weighted by atomic mass is 16.2. The van der Waals surface area contributed by atoms with Gasteiger partial charge in [0.25, 0.3) is 0 Å². The molecule has 1 saturated carbocycles. The third kappa shape index (κ3) is 6.64. The lowest BCUT2D eigenvalue weighted by Gasteiger charge is -2.36. The lowest BCUT2D eigenvalue weighted by atomic mass is 10.1. The molecule has 0 spiro atoms. The predicted octanol–water partition coefficient (Wildman–Crippen LogP) is 5.83. The first-order valence-electron chi connectivity index (χ1n) is 16.0. The second-order valence-electron chi connectivity index (χ2n) is 12.4. The molecule has 0 atom stereocenters. The Morgan fingerprint density at radius 3 is 2.50 bits per heavy atom. The predicted molar refractivity (Wildman–Crippen MR) is 183 cm³/mol. The van der Waals surface area contributed by atoms with E-state index in [0.717, 1.165) is 65.8 Å². The Morgan fingerprint density at radius 2 is 1.74 bits per heavy atom. The molecule has 2 amide bonds. The monoisotopic (exact) mass is 616 g/mol. The van der Waals surface area contributed by atoms with Crippen LogP contribution in [0.3, 0.4) is 0 Å². The van der Waals surface area contributed by atoms with Crippen LogP contribution in [0.4, 0.5) is 33.5 Å². The molecule has 1 saturated heterocycles. The van der Waals surface area contributed by atoms with E-state index in [0.29, 0.717) is 23.9 Å². The summed E-state index contributed by atoms with van der Waals surface area (Å²) in [4.78, 5) is 33.3. The van der Waals surface area contributed by atoms with Crippen molar-refractivity contribution in [2.45, 2.75) is 33.2 Å². The summed E-state index contributed by atoms with van der Waals surface area (Å²) in [7, 11) is 1.69. The van der Waals surface area contributed by atoms with Crippen LogP contribution >= 0.6 is 0 Å². The molecule has 2 aromatic carbocycles. The van der Waals surface area contributed by atoms with Crippen LogP contribution in [-0.2, 0) is 6.54 Å². The first-order valence-corrected chi connectivity index (χ1v) is 16.0. The molecule has 0 unspecified atom stereocenters. The number of aryl methyl sites for hydroxylation is 2. The van der Waals surface area contributed by atoms with Gasteiger partial charge in [-0.15, -0.1) is 0 Å². The number of hydrogen-bond acceptors (Lipinski definition) is 8. The average Bonchev–Trinajstić information content (AvgIpc) is 3.83. The van der Waals surface area contributed by atoms with E-state index in [2.05, 4.69) is 59.7 Å². The Morgan fingerprint density at radius 1 is 0.957 bits per heavy atom. The van der Waals surface area contributed by atoms with E-state index in [-0.39, 0.29) is 6.03 Å². The van der Waals surface area contributed by atoms with Crippen LogP contribution in [0.2, 0.25) is 0 Å². The highest BCUT2D eigenvalue weighted by molar-refractivity contribution is 6.07. The van der Waals surface area contributed by atoms with Crippen molar-refractivity contribution in [3.8, 4) is 0 Å². The van der Waals surface area contributed by atoms with Gasteiger partial charge in [-0.25, -0.2) is 14.8 Å². The summed E-state index contributed by atoms with van der Waals surface area (Å²) >= 11 is 0. The summed E-state index contributed by atoms with van der Waals surface area (Å²) in [6.07, 6.45) is 4.28. The summed E-state index contributed by atoms with van der Waals surface area (Å²) in [5, 5.41) is 12.1. The molecular formula is C35H40N10O. The number of urea groups is 1. The Labute approximate surface area is 269 Å². The Kier molecular flexibility index (Phi) is 8.23. The van der Waals surface area contributed by atoms with Crippen LogP contribution in [0, 0.1) is 19.8 Å².